The third-order valence-electron chi connectivity index (χ3n) is 2.14. The van der Waals surface area contributed by atoms with Crippen LogP contribution in [0.4, 0.5) is 5.69 Å². The molecular formula is C11H15NO3. The molecule has 0 aromatic heterocycles. The highest BCUT2D eigenvalue weighted by Crippen LogP contribution is 2.18. The zero-order valence-electron chi connectivity index (χ0n) is 8.72. The number of rotatable bonds is 6. The van der Waals surface area contributed by atoms with Gasteiger partial charge in [-0.05, 0) is 18.1 Å². The lowest BCUT2D eigenvalue weighted by Crippen LogP contribution is -2.24. The Kier molecular flexibility index (Phi) is 4.63. The molecule has 0 atom stereocenters. The van der Waals surface area contributed by atoms with Gasteiger partial charge in [0.15, 0.2) is 0 Å². The normalized spacial score (nSPS) is 9.73. The minimum absolute atomic E-state index is 0.179. The van der Waals surface area contributed by atoms with Gasteiger partial charge in [0.2, 0.25) is 0 Å². The van der Waals surface area contributed by atoms with Gasteiger partial charge in [-0.25, -0.2) is 0 Å². The van der Waals surface area contributed by atoms with Gasteiger partial charge < -0.3 is 4.74 Å². The number of nitrogens with zero attached hydrogens (tertiary/aromatic N) is 1. The van der Waals surface area contributed by atoms with E-state index in [9.17, 15) is 10.0 Å². The van der Waals surface area contributed by atoms with Gasteiger partial charge in [-0.3, -0.25) is 15.1 Å². The molecule has 0 spiro atoms. The number of carbonyl (C=O) groups excluding carboxylic acids is 1. The molecule has 0 amide bonds. The van der Waals surface area contributed by atoms with Crippen molar-refractivity contribution in [2.24, 2.45) is 0 Å². The largest absolute Gasteiger partial charge is 0.466 e. The van der Waals surface area contributed by atoms with Crippen LogP contribution < -0.4 is 5.06 Å². The number of hydrogen-bond acceptors (Lipinski definition) is 4. The first-order valence-corrected chi connectivity index (χ1v) is 4.89. The van der Waals surface area contributed by atoms with Crippen molar-refractivity contribution in [2.75, 3.05) is 18.2 Å². The monoisotopic (exact) mass is 209 g/mol. The summed E-state index contributed by atoms with van der Waals surface area (Å²) in [6.07, 6.45) is 0.849. The van der Waals surface area contributed by atoms with Crippen LogP contribution in [-0.2, 0) is 16.0 Å². The minimum Gasteiger partial charge on any atom is -0.466 e. The number of hydroxylamine groups is 1. The van der Waals surface area contributed by atoms with Crippen LogP contribution in [0.15, 0.2) is 24.3 Å². The molecule has 0 saturated carbocycles. The van der Waals surface area contributed by atoms with Gasteiger partial charge in [-0.1, -0.05) is 25.1 Å². The summed E-state index contributed by atoms with van der Waals surface area (Å²) in [4.78, 5) is 9.92. The van der Waals surface area contributed by atoms with Crippen LogP contribution in [0.25, 0.3) is 0 Å². The van der Waals surface area contributed by atoms with Crippen molar-refractivity contribution < 1.29 is 14.7 Å². The average molecular weight is 209 g/mol. The number of benzene rings is 1. The second kappa shape index (κ2) is 6.03. The second-order valence-corrected chi connectivity index (χ2v) is 3.07. The summed E-state index contributed by atoms with van der Waals surface area (Å²) >= 11 is 0. The molecule has 82 valence electrons. The van der Waals surface area contributed by atoms with Crippen LogP contribution in [-0.4, -0.2) is 24.8 Å². The summed E-state index contributed by atoms with van der Waals surface area (Å²) in [5, 5.41) is 10.8. The Morgan fingerprint density at radius 3 is 2.87 bits per heavy atom. The average Bonchev–Trinajstić information content (AvgIpc) is 2.29. The van der Waals surface area contributed by atoms with E-state index in [1.54, 1.807) is 0 Å². The molecule has 15 heavy (non-hydrogen) atoms. The number of ether oxygens (including phenoxy) is 1. The molecule has 0 saturated heterocycles. The summed E-state index contributed by atoms with van der Waals surface area (Å²) < 4.78 is 4.52. The van der Waals surface area contributed by atoms with Gasteiger partial charge in [-0.2, -0.15) is 0 Å². The van der Waals surface area contributed by atoms with E-state index < -0.39 is 0 Å². The predicted molar refractivity (Wildman–Crippen MR) is 57.0 cm³/mol. The van der Waals surface area contributed by atoms with E-state index in [0.717, 1.165) is 22.7 Å². The fourth-order valence-electron chi connectivity index (χ4n) is 1.37. The highest BCUT2D eigenvalue weighted by molar-refractivity contribution is 5.51. The smallest absolute Gasteiger partial charge is 0.293 e. The molecule has 1 aromatic carbocycles. The Morgan fingerprint density at radius 2 is 2.20 bits per heavy atom. The SMILES string of the molecule is CCc1ccccc1N(O)CCOC=O. The van der Waals surface area contributed by atoms with Crippen LogP contribution in [0.3, 0.4) is 0 Å². The van der Waals surface area contributed by atoms with E-state index in [0.29, 0.717) is 6.47 Å². The first kappa shape index (κ1) is 11.5. The van der Waals surface area contributed by atoms with Crippen LogP contribution in [0, 0.1) is 0 Å². The molecule has 0 unspecified atom stereocenters. The number of para-hydroxylation sites is 1. The maximum absolute atomic E-state index is 9.92. The molecule has 4 heteroatoms. The van der Waals surface area contributed by atoms with Crippen molar-refractivity contribution in [1.29, 1.82) is 0 Å². The van der Waals surface area contributed by atoms with Gasteiger partial charge >= 0.3 is 0 Å². The number of carbonyl (C=O) groups is 1. The summed E-state index contributed by atoms with van der Waals surface area (Å²) in [5.74, 6) is 0. The summed E-state index contributed by atoms with van der Waals surface area (Å²) in [5.41, 5.74) is 1.82. The second-order valence-electron chi connectivity index (χ2n) is 3.07. The molecule has 4 nitrogen and oxygen atoms in total. The lowest BCUT2D eigenvalue weighted by atomic mass is 10.1. The molecule has 0 aliphatic rings. The maximum Gasteiger partial charge on any atom is 0.293 e. The first-order chi connectivity index (χ1) is 7.29. The fraction of sp³-hybridized carbons (Fsp3) is 0.364. The third-order valence-corrected chi connectivity index (χ3v) is 2.14. The molecule has 0 aliphatic heterocycles. The topological polar surface area (TPSA) is 49.8 Å². The molecule has 0 aliphatic carbocycles. The van der Waals surface area contributed by atoms with E-state index in [1.807, 2.05) is 31.2 Å². The molecule has 1 rings (SSSR count). The van der Waals surface area contributed by atoms with Crippen LogP contribution >= 0.6 is 0 Å². The van der Waals surface area contributed by atoms with E-state index in [4.69, 9.17) is 0 Å². The van der Waals surface area contributed by atoms with Crippen molar-refractivity contribution in [2.45, 2.75) is 13.3 Å². The molecule has 0 radical (unpaired) electrons. The summed E-state index contributed by atoms with van der Waals surface area (Å²) in [6.45, 7) is 2.85. The lowest BCUT2D eigenvalue weighted by Gasteiger charge is -2.19. The molecule has 1 N–H and O–H groups in total. The van der Waals surface area contributed by atoms with E-state index in [1.165, 1.54) is 0 Å². The predicted octanol–water partition coefficient (Wildman–Crippen LogP) is 1.62. The first-order valence-electron chi connectivity index (χ1n) is 4.89. The molecular weight excluding hydrogens is 194 g/mol. The van der Waals surface area contributed by atoms with Crippen LogP contribution in [0.5, 0.6) is 0 Å². The molecule has 1 aromatic rings. The summed E-state index contributed by atoms with van der Waals surface area (Å²) in [7, 11) is 0. The third kappa shape index (κ3) is 3.25. The van der Waals surface area contributed by atoms with Gasteiger partial charge in [-0.15, -0.1) is 0 Å². The van der Waals surface area contributed by atoms with Crippen molar-refractivity contribution in [1.82, 2.24) is 0 Å². The summed E-state index contributed by atoms with van der Waals surface area (Å²) in [6, 6.07) is 7.58. The Balaban J connectivity index is 2.63. The van der Waals surface area contributed by atoms with Gasteiger partial charge in [0.1, 0.15) is 6.61 Å². The molecule has 0 bridgehead atoms. The number of aryl methyl sites for hydroxylation is 1. The highest BCUT2D eigenvalue weighted by Gasteiger charge is 2.06. The zero-order chi connectivity index (χ0) is 11.1. The van der Waals surface area contributed by atoms with Crippen molar-refractivity contribution in [3.8, 4) is 0 Å². The number of anilines is 1. The van der Waals surface area contributed by atoms with E-state index >= 15 is 0 Å². The van der Waals surface area contributed by atoms with Crippen molar-refractivity contribution in [3.63, 3.8) is 0 Å². The lowest BCUT2D eigenvalue weighted by molar-refractivity contribution is -0.128. The Hall–Kier alpha value is -1.55. The highest BCUT2D eigenvalue weighted by atomic mass is 16.5. The molecule has 0 heterocycles. The van der Waals surface area contributed by atoms with E-state index in [2.05, 4.69) is 4.74 Å². The number of hydrogen-bond donors (Lipinski definition) is 1. The molecule has 0 fully saturated rings. The Labute approximate surface area is 89.0 Å². The standard InChI is InChI=1S/C11H15NO3/c1-2-10-5-3-4-6-11(10)12(14)7-8-15-9-13/h3-6,9,14H,2,7-8H2,1H3. The maximum atomic E-state index is 9.92. The van der Waals surface area contributed by atoms with Gasteiger partial charge in [0, 0.05) is 0 Å². The van der Waals surface area contributed by atoms with Gasteiger partial charge in [0.05, 0.1) is 12.2 Å². The Morgan fingerprint density at radius 1 is 1.47 bits per heavy atom. The fourth-order valence-corrected chi connectivity index (χ4v) is 1.37. The minimum atomic E-state index is 0.179. The zero-order valence-corrected chi connectivity index (χ0v) is 8.72. The Bertz CT molecular complexity index is 314. The van der Waals surface area contributed by atoms with Crippen molar-refractivity contribution >= 4 is 12.2 Å². The van der Waals surface area contributed by atoms with Crippen molar-refractivity contribution in [3.05, 3.63) is 29.8 Å². The van der Waals surface area contributed by atoms with Crippen LogP contribution in [0.2, 0.25) is 0 Å². The van der Waals surface area contributed by atoms with Crippen LogP contribution in [0.1, 0.15) is 12.5 Å². The quantitative estimate of drug-likeness (QED) is 0.439. The van der Waals surface area contributed by atoms with E-state index in [-0.39, 0.29) is 13.2 Å². The van der Waals surface area contributed by atoms with Gasteiger partial charge in [0.25, 0.3) is 6.47 Å².